The second kappa shape index (κ2) is 57.5. The molecule has 0 radical (unpaired) electrons. The van der Waals surface area contributed by atoms with E-state index in [0.717, 1.165) is 57.8 Å². The van der Waals surface area contributed by atoms with Crippen molar-refractivity contribution in [3.8, 4) is 0 Å². The van der Waals surface area contributed by atoms with Gasteiger partial charge in [-0.2, -0.15) is 0 Å². The van der Waals surface area contributed by atoms with Crippen molar-refractivity contribution < 1.29 is 28.6 Å². The van der Waals surface area contributed by atoms with E-state index < -0.39 is 6.10 Å². The average Bonchev–Trinajstić information content (AvgIpc) is 3.34. The maximum Gasteiger partial charge on any atom is 0.306 e. The fourth-order valence-corrected chi connectivity index (χ4v) is 9.14. The van der Waals surface area contributed by atoms with Gasteiger partial charge in [0.2, 0.25) is 0 Å². The molecule has 0 aliphatic heterocycles. The minimum Gasteiger partial charge on any atom is -0.462 e. The smallest absolute Gasteiger partial charge is 0.306 e. The summed E-state index contributed by atoms with van der Waals surface area (Å²) in [5, 5.41) is 0. The molecule has 0 heterocycles. The van der Waals surface area contributed by atoms with Crippen LogP contribution in [-0.4, -0.2) is 37.2 Å². The molecule has 1 atom stereocenters. The number of allylic oxidation sites excluding steroid dienone is 4. The standard InChI is InChI=1S/C62H116O6/c1-4-7-10-13-16-19-22-25-27-29-31-33-35-37-40-43-46-49-52-55-61(64)67-58-59(57-66-60(63)54-51-48-45-42-39-24-21-18-15-12-9-6-3)68-62(65)56-53-50-47-44-41-38-36-34-32-30-28-26-23-20-17-14-11-8-5-2/h16,19,22,25,59H,4-15,17-18,20-21,23-24,26-58H2,1-3H3/b19-16-,25-22-. The van der Waals surface area contributed by atoms with Gasteiger partial charge < -0.3 is 14.2 Å². The van der Waals surface area contributed by atoms with Crippen molar-refractivity contribution in [1.29, 1.82) is 0 Å². The molecule has 0 rings (SSSR count). The Morgan fingerprint density at radius 3 is 0.809 bits per heavy atom. The van der Waals surface area contributed by atoms with E-state index in [1.807, 2.05) is 0 Å². The zero-order valence-corrected chi connectivity index (χ0v) is 45.9. The van der Waals surface area contributed by atoms with E-state index in [0.29, 0.717) is 19.3 Å². The summed E-state index contributed by atoms with van der Waals surface area (Å²) in [4.78, 5) is 38.2. The van der Waals surface area contributed by atoms with Gasteiger partial charge in [0.05, 0.1) is 0 Å². The fraction of sp³-hybridized carbons (Fsp3) is 0.887. The van der Waals surface area contributed by atoms with Crippen LogP contribution >= 0.6 is 0 Å². The van der Waals surface area contributed by atoms with Crippen molar-refractivity contribution in [3.63, 3.8) is 0 Å². The van der Waals surface area contributed by atoms with E-state index in [9.17, 15) is 14.4 Å². The number of unbranched alkanes of at least 4 members (excludes halogenated alkanes) is 42. The third kappa shape index (κ3) is 54.8. The molecule has 6 heteroatoms. The van der Waals surface area contributed by atoms with Gasteiger partial charge in [-0.1, -0.05) is 295 Å². The largest absolute Gasteiger partial charge is 0.462 e. The van der Waals surface area contributed by atoms with Crippen LogP contribution in [-0.2, 0) is 28.6 Å². The van der Waals surface area contributed by atoms with E-state index >= 15 is 0 Å². The molecule has 0 aliphatic rings. The molecule has 0 spiro atoms. The second-order valence-electron chi connectivity index (χ2n) is 20.7. The lowest BCUT2D eigenvalue weighted by molar-refractivity contribution is -0.167. The first-order chi connectivity index (χ1) is 33.5. The number of ether oxygens (including phenoxy) is 3. The summed E-state index contributed by atoms with van der Waals surface area (Å²) in [6.07, 6.45) is 67.4. The van der Waals surface area contributed by atoms with Crippen LogP contribution < -0.4 is 0 Å². The third-order valence-corrected chi connectivity index (χ3v) is 13.7. The first-order valence-electron chi connectivity index (χ1n) is 30.4. The van der Waals surface area contributed by atoms with Gasteiger partial charge in [-0.15, -0.1) is 0 Å². The van der Waals surface area contributed by atoms with Crippen LogP contribution in [0, 0.1) is 0 Å². The van der Waals surface area contributed by atoms with Crippen LogP contribution in [0.1, 0.15) is 335 Å². The Hall–Kier alpha value is -2.11. The minimum atomic E-state index is -0.767. The predicted molar refractivity (Wildman–Crippen MR) is 293 cm³/mol. The zero-order chi connectivity index (χ0) is 49.3. The van der Waals surface area contributed by atoms with E-state index in [2.05, 4.69) is 45.1 Å². The highest BCUT2D eigenvalue weighted by molar-refractivity contribution is 5.71. The van der Waals surface area contributed by atoms with Crippen molar-refractivity contribution in [1.82, 2.24) is 0 Å². The van der Waals surface area contributed by atoms with Crippen LogP contribution in [0.5, 0.6) is 0 Å². The minimum absolute atomic E-state index is 0.0663. The number of esters is 3. The topological polar surface area (TPSA) is 78.9 Å². The van der Waals surface area contributed by atoms with E-state index in [4.69, 9.17) is 14.2 Å². The molecule has 0 aromatic carbocycles. The maximum absolute atomic E-state index is 12.9. The highest BCUT2D eigenvalue weighted by Gasteiger charge is 2.19. The third-order valence-electron chi connectivity index (χ3n) is 13.7. The summed E-state index contributed by atoms with van der Waals surface area (Å²) in [5.74, 6) is -0.846. The number of hydrogen-bond acceptors (Lipinski definition) is 6. The Kier molecular flexibility index (Phi) is 55.7. The summed E-state index contributed by atoms with van der Waals surface area (Å²) < 4.78 is 16.9. The molecule has 0 amide bonds. The first-order valence-corrected chi connectivity index (χ1v) is 30.4. The summed E-state index contributed by atoms with van der Waals surface area (Å²) in [5.41, 5.74) is 0. The Morgan fingerprint density at radius 1 is 0.294 bits per heavy atom. The Labute approximate surface area is 423 Å². The first kappa shape index (κ1) is 65.9. The molecule has 0 aromatic rings. The van der Waals surface area contributed by atoms with E-state index in [1.165, 1.54) is 238 Å². The molecule has 0 saturated carbocycles. The Bertz CT molecular complexity index is 1100. The zero-order valence-electron chi connectivity index (χ0n) is 45.9. The maximum atomic E-state index is 12.9. The van der Waals surface area contributed by atoms with E-state index in [-0.39, 0.29) is 31.1 Å². The van der Waals surface area contributed by atoms with Gasteiger partial charge in [-0.05, 0) is 44.9 Å². The molecule has 0 saturated heterocycles. The molecular weight excluding hydrogens is 841 g/mol. The molecule has 0 aromatic heterocycles. The van der Waals surface area contributed by atoms with Gasteiger partial charge in [0.15, 0.2) is 6.10 Å². The predicted octanol–water partition coefficient (Wildman–Crippen LogP) is 20.3. The lowest BCUT2D eigenvalue weighted by Gasteiger charge is -2.18. The molecule has 1 unspecified atom stereocenters. The summed E-state index contributed by atoms with van der Waals surface area (Å²) in [6, 6.07) is 0. The molecule has 0 N–H and O–H groups in total. The normalized spacial score (nSPS) is 12.1. The molecule has 68 heavy (non-hydrogen) atoms. The van der Waals surface area contributed by atoms with E-state index in [1.54, 1.807) is 0 Å². The Balaban J connectivity index is 4.28. The quantitative estimate of drug-likeness (QED) is 0.0262. The molecule has 400 valence electrons. The second-order valence-corrected chi connectivity index (χ2v) is 20.7. The van der Waals surface area contributed by atoms with Crippen molar-refractivity contribution in [3.05, 3.63) is 24.3 Å². The van der Waals surface area contributed by atoms with Gasteiger partial charge in [-0.3, -0.25) is 14.4 Å². The van der Waals surface area contributed by atoms with Gasteiger partial charge in [0.1, 0.15) is 13.2 Å². The SMILES string of the molecule is CCCCC/C=C\C=C/CCCCCCCCCCCCC(=O)OCC(COC(=O)CCCCCCCCCCCCCC)OC(=O)CCCCCCCCCCCCCCCCCCCCC. The van der Waals surface area contributed by atoms with Crippen LogP contribution in [0.25, 0.3) is 0 Å². The number of carbonyl (C=O) groups excluding carboxylic acids is 3. The van der Waals surface area contributed by atoms with Crippen LogP contribution in [0.3, 0.4) is 0 Å². The summed E-state index contributed by atoms with van der Waals surface area (Å²) >= 11 is 0. The summed E-state index contributed by atoms with van der Waals surface area (Å²) in [6.45, 7) is 6.67. The molecule has 0 bridgehead atoms. The van der Waals surface area contributed by atoms with Crippen molar-refractivity contribution >= 4 is 17.9 Å². The van der Waals surface area contributed by atoms with Crippen LogP contribution in [0.2, 0.25) is 0 Å². The summed E-state index contributed by atoms with van der Waals surface area (Å²) in [7, 11) is 0. The fourth-order valence-electron chi connectivity index (χ4n) is 9.14. The van der Waals surface area contributed by atoms with Crippen molar-refractivity contribution in [2.24, 2.45) is 0 Å². The highest BCUT2D eigenvalue weighted by atomic mass is 16.6. The molecule has 0 fully saturated rings. The van der Waals surface area contributed by atoms with Gasteiger partial charge in [0.25, 0.3) is 0 Å². The molecule has 0 aliphatic carbocycles. The number of carbonyl (C=O) groups is 3. The van der Waals surface area contributed by atoms with Crippen LogP contribution in [0.15, 0.2) is 24.3 Å². The van der Waals surface area contributed by atoms with Gasteiger partial charge in [-0.25, -0.2) is 0 Å². The lowest BCUT2D eigenvalue weighted by Crippen LogP contribution is -2.30. The number of hydrogen-bond donors (Lipinski definition) is 0. The monoisotopic (exact) mass is 957 g/mol. The lowest BCUT2D eigenvalue weighted by atomic mass is 10.0. The Morgan fingerprint density at radius 2 is 0.515 bits per heavy atom. The van der Waals surface area contributed by atoms with Gasteiger partial charge >= 0.3 is 17.9 Å². The van der Waals surface area contributed by atoms with Crippen molar-refractivity contribution in [2.45, 2.75) is 341 Å². The van der Waals surface area contributed by atoms with Crippen LogP contribution in [0.4, 0.5) is 0 Å². The van der Waals surface area contributed by atoms with Crippen molar-refractivity contribution in [2.75, 3.05) is 13.2 Å². The molecular formula is C62H116O6. The highest BCUT2D eigenvalue weighted by Crippen LogP contribution is 2.17. The average molecular weight is 958 g/mol. The number of rotatable bonds is 56. The molecule has 6 nitrogen and oxygen atoms in total. The van der Waals surface area contributed by atoms with Gasteiger partial charge in [0, 0.05) is 19.3 Å².